The first kappa shape index (κ1) is 22.5. The Morgan fingerprint density at radius 2 is 1.81 bits per heavy atom. The van der Waals surface area contributed by atoms with Crippen molar-refractivity contribution in [2.75, 3.05) is 38.5 Å². The Morgan fingerprint density at radius 1 is 1.09 bits per heavy atom. The van der Waals surface area contributed by atoms with Crippen molar-refractivity contribution in [3.05, 3.63) is 36.0 Å². The van der Waals surface area contributed by atoms with E-state index in [1.165, 1.54) is 0 Å². The van der Waals surface area contributed by atoms with E-state index in [-0.39, 0.29) is 11.8 Å². The molecule has 0 aliphatic carbocycles. The summed E-state index contributed by atoms with van der Waals surface area (Å²) in [5, 5.41) is 4.04. The van der Waals surface area contributed by atoms with Gasteiger partial charge in [-0.2, -0.15) is 0 Å². The lowest BCUT2D eigenvalue weighted by Crippen LogP contribution is -2.50. The van der Waals surface area contributed by atoms with Gasteiger partial charge in [0.25, 0.3) is 0 Å². The summed E-state index contributed by atoms with van der Waals surface area (Å²) >= 11 is 3.19. The molecule has 2 amide bonds. The monoisotopic (exact) mass is 470 g/mol. The third-order valence-corrected chi connectivity index (χ3v) is 7.32. The number of hydrogen-bond acceptors (Lipinski definition) is 7. The molecule has 0 spiro atoms. The lowest BCUT2D eigenvalue weighted by molar-refractivity contribution is -0.138. The fourth-order valence-electron chi connectivity index (χ4n) is 3.73. The number of carbonyl (C=O) groups is 2. The number of fused-ring (bicyclic) bond motifs is 1. The molecule has 1 fully saturated rings. The SMILES string of the molecule is CCOc1ccc(-c2csc3ncnc(SCCC(=O)N4CCN(C(C)=O)CC4)c23)cc1. The van der Waals surface area contributed by atoms with E-state index in [4.69, 9.17) is 4.74 Å². The number of amides is 2. The van der Waals surface area contributed by atoms with E-state index in [2.05, 4.69) is 27.5 Å². The van der Waals surface area contributed by atoms with Crippen LogP contribution >= 0.6 is 23.1 Å². The van der Waals surface area contributed by atoms with Crippen molar-refractivity contribution in [1.29, 1.82) is 0 Å². The van der Waals surface area contributed by atoms with E-state index in [1.807, 2.05) is 24.0 Å². The molecule has 168 valence electrons. The Kier molecular flexibility index (Phi) is 7.26. The van der Waals surface area contributed by atoms with E-state index in [0.717, 1.165) is 32.1 Å². The van der Waals surface area contributed by atoms with Crippen LogP contribution in [0.4, 0.5) is 0 Å². The highest BCUT2D eigenvalue weighted by atomic mass is 32.2. The van der Waals surface area contributed by atoms with Gasteiger partial charge < -0.3 is 14.5 Å². The maximum Gasteiger partial charge on any atom is 0.223 e. The highest BCUT2D eigenvalue weighted by Crippen LogP contribution is 2.38. The summed E-state index contributed by atoms with van der Waals surface area (Å²) in [5.74, 6) is 1.70. The van der Waals surface area contributed by atoms with Crippen molar-refractivity contribution in [2.45, 2.75) is 25.3 Å². The second kappa shape index (κ2) is 10.3. The number of nitrogens with zero attached hydrogens (tertiary/aromatic N) is 4. The Hall–Kier alpha value is -2.65. The zero-order chi connectivity index (χ0) is 22.5. The van der Waals surface area contributed by atoms with Gasteiger partial charge in [-0.3, -0.25) is 9.59 Å². The summed E-state index contributed by atoms with van der Waals surface area (Å²) in [7, 11) is 0. The Bertz CT molecular complexity index is 1090. The van der Waals surface area contributed by atoms with Gasteiger partial charge in [0.2, 0.25) is 11.8 Å². The van der Waals surface area contributed by atoms with Crippen molar-refractivity contribution >= 4 is 45.1 Å². The number of piperazine rings is 1. The van der Waals surface area contributed by atoms with Crippen LogP contribution < -0.4 is 4.74 Å². The number of benzene rings is 1. The first-order chi connectivity index (χ1) is 15.6. The summed E-state index contributed by atoms with van der Waals surface area (Å²) in [4.78, 5) is 37.6. The summed E-state index contributed by atoms with van der Waals surface area (Å²) in [6, 6.07) is 8.06. The van der Waals surface area contributed by atoms with Gasteiger partial charge in [-0.05, 0) is 24.6 Å². The minimum atomic E-state index is 0.0690. The number of rotatable bonds is 7. The highest BCUT2D eigenvalue weighted by Gasteiger charge is 2.22. The maximum absolute atomic E-state index is 12.6. The molecule has 0 bridgehead atoms. The molecule has 1 aliphatic rings. The van der Waals surface area contributed by atoms with Gasteiger partial charge in [0.05, 0.1) is 12.0 Å². The molecular formula is C23H26N4O3S2. The van der Waals surface area contributed by atoms with Gasteiger partial charge in [0, 0.05) is 56.2 Å². The minimum absolute atomic E-state index is 0.0690. The third-order valence-electron chi connectivity index (χ3n) is 5.44. The Balaban J connectivity index is 1.42. The van der Waals surface area contributed by atoms with Crippen LogP contribution in [0.3, 0.4) is 0 Å². The van der Waals surface area contributed by atoms with Gasteiger partial charge in [0.15, 0.2) is 0 Å². The molecule has 0 radical (unpaired) electrons. The van der Waals surface area contributed by atoms with E-state index < -0.39 is 0 Å². The quantitative estimate of drug-likeness (QED) is 0.385. The van der Waals surface area contributed by atoms with E-state index >= 15 is 0 Å². The van der Waals surface area contributed by atoms with Crippen LogP contribution in [-0.4, -0.2) is 70.1 Å². The third kappa shape index (κ3) is 5.05. The van der Waals surface area contributed by atoms with E-state index in [9.17, 15) is 9.59 Å². The summed E-state index contributed by atoms with van der Waals surface area (Å²) < 4.78 is 5.55. The first-order valence-corrected chi connectivity index (χ1v) is 12.5. The van der Waals surface area contributed by atoms with Gasteiger partial charge in [-0.1, -0.05) is 12.1 Å². The molecule has 1 aliphatic heterocycles. The molecule has 0 atom stereocenters. The fraction of sp³-hybridized carbons (Fsp3) is 0.391. The number of thiophene rings is 1. The number of hydrogen-bond donors (Lipinski definition) is 0. The second-order valence-corrected chi connectivity index (χ2v) is 9.39. The summed E-state index contributed by atoms with van der Waals surface area (Å²) in [5.41, 5.74) is 2.19. The molecule has 0 unspecified atom stereocenters. The highest BCUT2D eigenvalue weighted by molar-refractivity contribution is 7.99. The predicted molar refractivity (Wildman–Crippen MR) is 128 cm³/mol. The van der Waals surface area contributed by atoms with Gasteiger partial charge in [-0.25, -0.2) is 9.97 Å². The predicted octanol–water partition coefficient (Wildman–Crippen LogP) is 3.93. The molecular weight excluding hydrogens is 444 g/mol. The second-order valence-electron chi connectivity index (χ2n) is 7.45. The van der Waals surface area contributed by atoms with Crippen LogP contribution in [0, 0.1) is 0 Å². The van der Waals surface area contributed by atoms with Gasteiger partial charge >= 0.3 is 0 Å². The molecule has 4 rings (SSSR count). The molecule has 7 nitrogen and oxygen atoms in total. The number of aromatic nitrogens is 2. The normalized spacial score (nSPS) is 14.1. The van der Waals surface area contributed by atoms with Crippen molar-refractivity contribution in [3.63, 3.8) is 0 Å². The average molecular weight is 471 g/mol. The molecule has 1 saturated heterocycles. The fourth-order valence-corrected chi connectivity index (χ4v) is 5.65. The molecule has 1 aromatic carbocycles. The zero-order valence-corrected chi connectivity index (χ0v) is 19.9. The summed E-state index contributed by atoms with van der Waals surface area (Å²) in [6.45, 7) is 6.61. The Labute approximate surface area is 195 Å². The molecule has 0 N–H and O–H groups in total. The molecule has 9 heteroatoms. The lowest BCUT2D eigenvalue weighted by Gasteiger charge is -2.34. The molecule has 0 saturated carbocycles. The largest absolute Gasteiger partial charge is 0.494 e. The van der Waals surface area contributed by atoms with Crippen LogP contribution in [0.15, 0.2) is 41.0 Å². The van der Waals surface area contributed by atoms with Crippen molar-refractivity contribution < 1.29 is 14.3 Å². The van der Waals surface area contributed by atoms with E-state index in [0.29, 0.717) is 45.0 Å². The minimum Gasteiger partial charge on any atom is -0.494 e. The maximum atomic E-state index is 12.6. The molecule has 32 heavy (non-hydrogen) atoms. The lowest BCUT2D eigenvalue weighted by atomic mass is 10.1. The topological polar surface area (TPSA) is 75.6 Å². The van der Waals surface area contributed by atoms with Gasteiger partial charge in [0.1, 0.15) is 21.9 Å². The number of carbonyl (C=O) groups excluding carboxylic acids is 2. The first-order valence-electron chi connectivity index (χ1n) is 10.7. The molecule has 3 heterocycles. The van der Waals surface area contributed by atoms with Crippen LogP contribution in [0.25, 0.3) is 21.3 Å². The van der Waals surface area contributed by atoms with Crippen LogP contribution in [0.2, 0.25) is 0 Å². The molecule has 2 aromatic heterocycles. The van der Waals surface area contributed by atoms with Crippen LogP contribution in [0.1, 0.15) is 20.3 Å². The number of ether oxygens (including phenoxy) is 1. The van der Waals surface area contributed by atoms with Crippen molar-refractivity contribution in [3.8, 4) is 16.9 Å². The van der Waals surface area contributed by atoms with Crippen molar-refractivity contribution in [1.82, 2.24) is 19.8 Å². The van der Waals surface area contributed by atoms with Gasteiger partial charge in [-0.15, -0.1) is 23.1 Å². The molecule has 3 aromatic rings. The zero-order valence-electron chi connectivity index (χ0n) is 18.2. The van der Waals surface area contributed by atoms with Crippen molar-refractivity contribution in [2.24, 2.45) is 0 Å². The van der Waals surface area contributed by atoms with Crippen LogP contribution in [-0.2, 0) is 9.59 Å². The Morgan fingerprint density at radius 3 is 2.50 bits per heavy atom. The average Bonchev–Trinajstić information content (AvgIpc) is 3.25. The van der Waals surface area contributed by atoms with E-state index in [1.54, 1.807) is 41.2 Å². The number of thioether (sulfide) groups is 1. The standard InChI is InChI=1S/C23H26N4O3S2/c1-3-30-18-6-4-17(5-7-18)19-14-32-23-21(19)22(24-15-25-23)31-13-8-20(29)27-11-9-26(10-12-27)16(2)28/h4-7,14-15H,3,8-13H2,1-2H3. The summed E-state index contributed by atoms with van der Waals surface area (Å²) in [6.07, 6.45) is 2.03. The smallest absolute Gasteiger partial charge is 0.223 e. The van der Waals surface area contributed by atoms with Crippen LogP contribution in [0.5, 0.6) is 5.75 Å².